The summed E-state index contributed by atoms with van der Waals surface area (Å²) in [7, 11) is 7.53. The number of hydrogen-bond acceptors (Lipinski definition) is 9. The predicted molar refractivity (Wildman–Crippen MR) is 233 cm³/mol. The number of nitrogens with one attached hydrogen (secondary N) is 2. The molecule has 4 aliphatic carbocycles. The quantitative estimate of drug-likeness (QED) is 0.176. The molecule has 4 saturated carbocycles. The number of carbonyl (C=O) groups excluding carboxylic acids is 2. The van der Waals surface area contributed by atoms with Crippen molar-refractivity contribution in [2.24, 2.45) is 34.5 Å². The lowest BCUT2D eigenvalue weighted by molar-refractivity contribution is -0.183. The molecule has 2 heterocycles. The zero-order chi connectivity index (χ0) is 42.2. The third-order valence-electron chi connectivity index (χ3n) is 15.9. The van der Waals surface area contributed by atoms with Crippen molar-refractivity contribution in [1.82, 2.24) is 20.6 Å². The van der Waals surface area contributed by atoms with Crippen molar-refractivity contribution in [3.8, 4) is 16.9 Å². The summed E-state index contributed by atoms with van der Waals surface area (Å²) in [4.78, 5) is 38.8. The number of benzene rings is 2. The van der Waals surface area contributed by atoms with E-state index in [1.54, 1.807) is 19.1 Å². The molecule has 2 aromatic rings. The van der Waals surface area contributed by atoms with E-state index in [1.807, 2.05) is 61.3 Å². The fraction of sp³-hybridized carbons (Fsp3) is 0.708. The van der Waals surface area contributed by atoms with Gasteiger partial charge in [0.05, 0.1) is 26.4 Å². The molecular formula is C48H73N5O6. The van der Waals surface area contributed by atoms with Gasteiger partial charge in [-0.1, -0.05) is 64.7 Å². The lowest BCUT2D eigenvalue weighted by atomic mass is 9.45. The molecule has 59 heavy (non-hydrogen) atoms. The van der Waals surface area contributed by atoms with Crippen LogP contribution in [0.25, 0.3) is 11.1 Å². The highest BCUT2D eigenvalue weighted by molar-refractivity contribution is 5.97. The molecule has 9 atom stereocenters. The van der Waals surface area contributed by atoms with E-state index >= 15 is 0 Å². The Hall–Kier alpha value is -3.22. The number of para-hydroxylation sites is 1. The van der Waals surface area contributed by atoms with Gasteiger partial charge < -0.3 is 35.4 Å². The van der Waals surface area contributed by atoms with E-state index < -0.39 is 24.2 Å². The van der Waals surface area contributed by atoms with Crippen LogP contribution >= 0.6 is 0 Å². The van der Waals surface area contributed by atoms with Gasteiger partial charge in [-0.25, -0.2) is 0 Å². The lowest BCUT2D eigenvalue weighted by Gasteiger charge is -2.62. The van der Waals surface area contributed by atoms with Crippen molar-refractivity contribution in [1.29, 1.82) is 0 Å². The van der Waals surface area contributed by atoms with Crippen LogP contribution in [0, 0.1) is 34.5 Å². The maximum Gasteiger partial charge on any atom is 0.253 e. The van der Waals surface area contributed by atoms with Crippen LogP contribution in [0.15, 0.2) is 36.4 Å². The fourth-order valence-corrected chi connectivity index (χ4v) is 12.2. The topological polar surface area (TPSA) is 127 Å². The molecule has 11 heteroatoms. The predicted octanol–water partition coefficient (Wildman–Crippen LogP) is 6.64. The Labute approximate surface area is 353 Å². The number of methoxy groups -OCH3 is 1. The van der Waals surface area contributed by atoms with Crippen molar-refractivity contribution in [3.05, 3.63) is 47.5 Å². The molecule has 11 nitrogen and oxygen atoms in total. The SMILES string of the molecule is COc1c(CN2O[C@@H](CO)[C@H]([C@H](C)O)[C@H]2C(=O)N[C@H]2C[C@H]3C[C@@H]([C@@H]2C)C3(C)C)cccc1-c1cc(C(=O)N(C)CCC2NCCCC23CCCCCC3)cc(N(C)C)c1. The lowest BCUT2D eigenvalue weighted by Crippen LogP contribution is -2.62. The molecule has 8 rings (SSSR count). The first kappa shape index (κ1) is 43.9. The largest absolute Gasteiger partial charge is 0.496 e. The van der Waals surface area contributed by atoms with Crippen LogP contribution < -0.4 is 20.3 Å². The number of aliphatic hydroxyl groups is 2. The van der Waals surface area contributed by atoms with Crippen molar-refractivity contribution in [3.63, 3.8) is 0 Å². The number of amides is 2. The molecule has 2 aromatic carbocycles. The third kappa shape index (κ3) is 8.66. The number of fused-ring (bicyclic) bond motifs is 2. The number of rotatable bonds is 13. The van der Waals surface area contributed by atoms with Gasteiger partial charge in [0, 0.05) is 68.1 Å². The smallest absolute Gasteiger partial charge is 0.253 e. The van der Waals surface area contributed by atoms with Gasteiger partial charge in [0.1, 0.15) is 17.9 Å². The number of nitrogens with zero attached hydrogens (tertiary/aromatic N) is 3. The van der Waals surface area contributed by atoms with E-state index in [1.165, 1.54) is 57.8 Å². The van der Waals surface area contributed by atoms with Crippen LogP contribution in [-0.4, -0.2) is 110 Å². The number of hydrogen-bond donors (Lipinski definition) is 4. The summed E-state index contributed by atoms with van der Waals surface area (Å²) in [5.74, 6) is 1.26. The number of anilines is 1. The first-order valence-electron chi connectivity index (χ1n) is 22.7. The Morgan fingerprint density at radius 2 is 1.78 bits per heavy atom. The Balaban J connectivity index is 1.12. The van der Waals surface area contributed by atoms with Gasteiger partial charge in [-0.15, -0.1) is 0 Å². The molecule has 6 fully saturated rings. The number of ether oxygens (including phenoxy) is 1. The minimum absolute atomic E-state index is 0.0116. The van der Waals surface area contributed by atoms with Gasteiger partial charge in [-0.3, -0.25) is 14.4 Å². The molecule has 4 N–H and O–H groups in total. The Morgan fingerprint density at radius 1 is 1.05 bits per heavy atom. The summed E-state index contributed by atoms with van der Waals surface area (Å²) in [6.07, 6.45) is 11.8. The van der Waals surface area contributed by atoms with E-state index in [4.69, 9.17) is 9.57 Å². The van der Waals surface area contributed by atoms with Crippen molar-refractivity contribution in [2.45, 2.75) is 135 Å². The minimum atomic E-state index is -0.892. The summed E-state index contributed by atoms with van der Waals surface area (Å²) in [5, 5.41) is 30.3. The van der Waals surface area contributed by atoms with Crippen LogP contribution in [0.3, 0.4) is 0 Å². The Bertz CT molecular complexity index is 1790. The van der Waals surface area contributed by atoms with Gasteiger partial charge in [0.2, 0.25) is 5.91 Å². The van der Waals surface area contributed by atoms with Gasteiger partial charge in [0.15, 0.2) is 0 Å². The second kappa shape index (κ2) is 18.0. The van der Waals surface area contributed by atoms with Crippen LogP contribution in [0.1, 0.15) is 114 Å². The third-order valence-corrected chi connectivity index (χ3v) is 15.9. The minimum Gasteiger partial charge on any atom is -0.496 e. The summed E-state index contributed by atoms with van der Waals surface area (Å²) in [5.41, 5.74) is 4.60. The van der Waals surface area contributed by atoms with Gasteiger partial charge >= 0.3 is 0 Å². The molecule has 2 aliphatic heterocycles. The number of carbonyl (C=O) groups is 2. The molecule has 326 valence electrons. The molecule has 1 unspecified atom stereocenters. The van der Waals surface area contributed by atoms with Gasteiger partial charge in [-0.05, 0) is 111 Å². The molecule has 6 aliphatic rings. The molecular weight excluding hydrogens is 743 g/mol. The van der Waals surface area contributed by atoms with E-state index in [-0.39, 0.29) is 36.4 Å². The van der Waals surface area contributed by atoms with Crippen LogP contribution in [-0.2, 0) is 16.2 Å². The highest BCUT2D eigenvalue weighted by atomic mass is 16.7. The van der Waals surface area contributed by atoms with E-state index in [2.05, 4.69) is 37.5 Å². The monoisotopic (exact) mass is 816 g/mol. The standard InChI is InChI=1S/C48H73N5O6/c1-30-38-26-35(47(38,3)4)27-39(30)50-45(56)43-42(31(2)55)40(29-54)59-53(43)28-32-15-13-16-37(44(32)58-8)33-23-34(25-36(24-33)51(5)6)46(57)52(7)22-17-41-48(20-14-21-49-41)18-11-9-10-12-19-48/h13,15-16,23-25,30-31,35,38-43,49,54-55H,9-12,14,17-22,26-29H2,1-8H3,(H,50,56)/t30-,31-,35+,38-,39-,40-,41?,42-,43-/m0/s1. The maximum atomic E-state index is 14.3. The molecule has 0 radical (unpaired) electrons. The van der Waals surface area contributed by atoms with E-state index in [0.717, 1.165) is 41.8 Å². The first-order valence-corrected chi connectivity index (χ1v) is 22.7. The normalized spacial score (nSPS) is 30.5. The number of piperidine rings is 1. The second-order valence-corrected chi connectivity index (χ2v) is 19.8. The van der Waals surface area contributed by atoms with E-state index in [9.17, 15) is 19.8 Å². The van der Waals surface area contributed by atoms with Crippen molar-refractivity contribution < 1.29 is 29.4 Å². The summed E-state index contributed by atoms with van der Waals surface area (Å²) in [6.45, 7) is 10.2. The van der Waals surface area contributed by atoms with Crippen LogP contribution in [0.2, 0.25) is 0 Å². The van der Waals surface area contributed by atoms with Crippen LogP contribution in [0.5, 0.6) is 5.75 Å². The molecule has 2 bridgehead atoms. The summed E-state index contributed by atoms with van der Waals surface area (Å²) >= 11 is 0. The zero-order valence-corrected chi connectivity index (χ0v) is 37.1. The van der Waals surface area contributed by atoms with Crippen molar-refractivity contribution >= 4 is 17.5 Å². The zero-order valence-electron chi connectivity index (χ0n) is 37.1. The van der Waals surface area contributed by atoms with E-state index in [0.29, 0.717) is 47.1 Å². The number of aliphatic hydroxyl groups excluding tert-OH is 2. The Morgan fingerprint density at radius 3 is 2.42 bits per heavy atom. The highest BCUT2D eigenvalue weighted by Crippen LogP contribution is 2.61. The van der Waals surface area contributed by atoms with Crippen molar-refractivity contribution in [2.75, 3.05) is 52.8 Å². The molecule has 0 aromatic heterocycles. The average Bonchev–Trinajstić information content (AvgIpc) is 3.44. The van der Waals surface area contributed by atoms with Gasteiger partial charge in [0.25, 0.3) is 5.91 Å². The molecule has 1 spiro atoms. The Kier molecular flexibility index (Phi) is 13.4. The summed E-state index contributed by atoms with van der Waals surface area (Å²) < 4.78 is 6.16. The molecule has 2 saturated heterocycles. The highest BCUT2D eigenvalue weighted by Gasteiger charge is 2.57. The molecule has 2 amide bonds. The number of hydroxylamine groups is 2. The van der Waals surface area contributed by atoms with Gasteiger partial charge in [-0.2, -0.15) is 5.06 Å². The average molecular weight is 816 g/mol. The second-order valence-electron chi connectivity index (χ2n) is 19.8. The fourth-order valence-electron chi connectivity index (χ4n) is 12.2. The van der Waals surface area contributed by atoms with Crippen LogP contribution in [0.4, 0.5) is 5.69 Å². The maximum absolute atomic E-state index is 14.3. The first-order chi connectivity index (χ1) is 28.2. The summed E-state index contributed by atoms with van der Waals surface area (Å²) in [6, 6.07) is 11.6.